The van der Waals surface area contributed by atoms with Gasteiger partial charge >= 0.3 is 5.97 Å². The second kappa shape index (κ2) is 10.2. The molecule has 35 heavy (non-hydrogen) atoms. The summed E-state index contributed by atoms with van der Waals surface area (Å²) in [6.07, 6.45) is 0.00813. The number of carboxylic acids is 1. The van der Waals surface area contributed by atoms with Gasteiger partial charge < -0.3 is 20.3 Å². The van der Waals surface area contributed by atoms with Crippen LogP contribution in [0.15, 0.2) is 48.5 Å². The number of halogens is 2. The van der Waals surface area contributed by atoms with E-state index < -0.39 is 35.7 Å². The highest BCUT2D eigenvalue weighted by atomic mass is 19.2. The first-order valence-electron chi connectivity index (χ1n) is 11.1. The monoisotopic (exact) mass is 485 g/mol. The molecule has 2 atom stereocenters. The number of aliphatic hydroxyl groups excluding tert-OH is 1. The zero-order chi connectivity index (χ0) is 25.1. The first kappa shape index (κ1) is 24.3. The number of amides is 1. The summed E-state index contributed by atoms with van der Waals surface area (Å²) in [6.45, 7) is -0.100. The van der Waals surface area contributed by atoms with E-state index in [4.69, 9.17) is 4.74 Å². The van der Waals surface area contributed by atoms with Crippen molar-refractivity contribution in [2.24, 2.45) is 0 Å². The smallest absolute Gasteiger partial charge is 0.334 e. The summed E-state index contributed by atoms with van der Waals surface area (Å²) < 4.78 is 35.0. The van der Waals surface area contributed by atoms with Gasteiger partial charge in [0.15, 0.2) is 17.7 Å². The third-order valence-electron chi connectivity index (χ3n) is 5.96. The second-order valence-corrected chi connectivity index (χ2v) is 8.49. The van der Waals surface area contributed by atoms with Crippen LogP contribution in [-0.4, -0.2) is 51.1 Å². The van der Waals surface area contributed by atoms with Crippen LogP contribution in [0, 0.1) is 11.6 Å². The number of aliphatic hydroxyl groups is 1. The lowest BCUT2D eigenvalue weighted by atomic mass is 10.0. The van der Waals surface area contributed by atoms with Crippen LogP contribution in [0.25, 0.3) is 0 Å². The highest BCUT2D eigenvalue weighted by Gasteiger charge is 2.32. The lowest BCUT2D eigenvalue weighted by Crippen LogP contribution is -2.48. The molecule has 1 saturated carbocycles. The number of aliphatic carboxylic acids is 1. The number of hydrogen-bond donors (Lipinski definition) is 3. The molecule has 2 aromatic carbocycles. The molecule has 3 aromatic rings. The molecule has 3 N–H and O–H groups in total. The Morgan fingerprint density at radius 2 is 1.89 bits per heavy atom. The standard InChI is InChI=1S/C25H25F2N3O5/c1-35-20-10-9-16(21(26)22(20)27)13-30-19(15-7-8-15)12-18(29-30)24(32)28-17(23(31)25(33)34)11-14-5-3-2-4-6-14/h2-6,9-10,12,15,17,23,31H,7-8,11,13H2,1H3,(H,28,32)(H,33,34)/t17-,23-/m1/s1. The van der Waals surface area contributed by atoms with Crippen LogP contribution < -0.4 is 10.1 Å². The van der Waals surface area contributed by atoms with Gasteiger partial charge in [-0.15, -0.1) is 0 Å². The van der Waals surface area contributed by atoms with E-state index in [1.807, 2.05) is 0 Å². The molecular formula is C25H25F2N3O5. The van der Waals surface area contributed by atoms with Crippen molar-refractivity contribution in [2.45, 2.75) is 43.9 Å². The van der Waals surface area contributed by atoms with Crippen molar-refractivity contribution in [3.63, 3.8) is 0 Å². The fourth-order valence-corrected chi connectivity index (χ4v) is 3.91. The Balaban J connectivity index is 1.57. The average molecular weight is 485 g/mol. The maximum atomic E-state index is 14.5. The minimum atomic E-state index is -1.83. The van der Waals surface area contributed by atoms with Crippen LogP contribution in [0.1, 0.15) is 46.1 Å². The fraction of sp³-hybridized carbons (Fsp3) is 0.320. The van der Waals surface area contributed by atoms with E-state index in [2.05, 4.69) is 10.4 Å². The van der Waals surface area contributed by atoms with Gasteiger partial charge in [0.25, 0.3) is 5.91 Å². The number of carbonyl (C=O) groups is 2. The number of benzene rings is 2. The zero-order valence-electron chi connectivity index (χ0n) is 18.9. The number of rotatable bonds is 10. The van der Waals surface area contributed by atoms with Gasteiger partial charge in [0.2, 0.25) is 5.82 Å². The first-order chi connectivity index (χ1) is 16.8. The predicted molar refractivity (Wildman–Crippen MR) is 121 cm³/mol. The predicted octanol–water partition coefficient (Wildman–Crippen LogP) is 2.88. The molecule has 8 nitrogen and oxygen atoms in total. The van der Waals surface area contributed by atoms with Crippen molar-refractivity contribution in [3.05, 3.63) is 82.7 Å². The van der Waals surface area contributed by atoms with Crippen molar-refractivity contribution >= 4 is 11.9 Å². The Bertz CT molecular complexity index is 1230. The highest BCUT2D eigenvalue weighted by molar-refractivity contribution is 5.93. The topological polar surface area (TPSA) is 114 Å². The second-order valence-electron chi connectivity index (χ2n) is 8.49. The molecule has 1 heterocycles. The molecule has 0 spiro atoms. The third-order valence-corrected chi connectivity index (χ3v) is 5.96. The molecule has 1 aromatic heterocycles. The maximum Gasteiger partial charge on any atom is 0.334 e. The minimum absolute atomic E-state index is 0.00283. The molecule has 0 bridgehead atoms. The Kier molecular flexibility index (Phi) is 7.11. The molecule has 1 aliphatic rings. The van der Waals surface area contributed by atoms with Crippen LogP contribution >= 0.6 is 0 Å². The lowest BCUT2D eigenvalue weighted by molar-refractivity contribution is -0.148. The number of nitrogens with one attached hydrogen (secondary N) is 1. The normalized spacial score (nSPS) is 14.9. The molecule has 0 aliphatic heterocycles. The van der Waals surface area contributed by atoms with Crippen molar-refractivity contribution < 1.29 is 33.3 Å². The van der Waals surface area contributed by atoms with Crippen molar-refractivity contribution in [2.75, 3.05) is 7.11 Å². The number of aromatic nitrogens is 2. The number of carbonyl (C=O) groups excluding carboxylic acids is 1. The van der Waals surface area contributed by atoms with Gasteiger partial charge in [-0.3, -0.25) is 9.48 Å². The van der Waals surface area contributed by atoms with Gasteiger partial charge in [0, 0.05) is 17.2 Å². The number of methoxy groups -OCH3 is 1. The highest BCUT2D eigenvalue weighted by Crippen LogP contribution is 2.40. The molecule has 4 rings (SSSR count). The van der Waals surface area contributed by atoms with E-state index in [0.29, 0.717) is 5.69 Å². The Morgan fingerprint density at radius 3 is 2.51 bits per heavy atom. The molecule has 1 aliphatic carbocycles. The summed E-state index contributed by atoms with van der Waals surface area (Å²) in [4.78, 5) is 24.4. The van der Waals surface area contributed by atoms with E-state index in [0.717, 1.165) is 18.4 Å². The molecule has 184 valence electrons. The van der Waals surface area contributed by atoms with Gasteiger partial charge in [0.05, 0.1) is 19.7 Å². The van der Waals surface area contributed by atoms with E-state index in [1.54, 1.807) is 36.4 Å². The van der Waals surface area contributed by atoms with Crippen LogP contribution in [0.2, 0.25) is 0 Å². The summed E-state index contributed by atoms with van der Waals surface area (Å²) in [5, 5.41) is 26.3. The summed E-state index contributed by atoms with van der Waals surface area (Å²) in [6, 6.07) is 12.0. The summed E-state index contributed by atoms with van der Waals surface area (Å²) in [5.41, 5.74) is 1.48. The number of nitrogens with zero attached hydrogens (tertiary/aromatic N) is 2. The van der Waals surface area contributed by atoms with Crippen molar-refractivity contribution in [3.8, 4) is 5.75 Å². The van der Waals surface area contributed by atoms with Crippen LogP contribution in [-0.2, 0) is 17.8 Å². The quantitative estimate of drug-likeness (QED) is 0.407. The Labute approximate surface area is 200 Å². The van der Waals surface area contributed by atoms with Gasteiger partial charge in [-0.1, -0.05) is 36.4 Å². The number of ether oxygens (including phenoxy) is 1. The van der Waals surface area contributed by atoms with Crippen molar-refractivity contribution in [1.29, 1.82) is 0 Å². The summed E-state index contributed by atoms with van der Waals surface area (Å²) in [5.74, 6) is -4.37. The van der Waals surface area contributed by atoms with Gasteiger partial charge in [-0.05, 0) is 37.0 Å². The largest absolute Gasteiger partial charge is 0.494 e. The maximum absolute atomic E-state index is 14.5. The zero-order valence-corrected chi connectivity index (χ0v) is 18.9. The first-order valence-corrected chi connectivity index (χ1v) is 11.1. The number of carboxylic acid groups (broad SMARTS) is 1. The Hall–Kier alpha value is -3.79. The van der Waals surface area contributed by atoms with Crippen LogP contribution in [0.5, 0.6) is 5.75 Å². The number of hydrogen-bond acceptors (Lipinski definition) is 5. The fourth-order valence-electron chi connectivity index (χ4n) is 3.91. The summed E-state index contributed by atoms with van der Waals surface area (Å²) in [7, 11) is 1.24. The molecule has 1 amide bonds. The van der Waals surface area contributed by atoms with Crippen molar-refractivity contribution in [1.82, 2.24) is 15.1 Å². The minimum Gasteiger partial charge on any atom is -0.494 e. The van der Waals surface area contributed by atoms with E-state index in [-0.39, 0.29) is 35.9 Å². The molecule has 0 radical (unpaired) electrons. The SMILES string of the molecule is COc1ccc(Cn2nc(C(=O)N[C@H](Cc3ccccc3)[C@@H](O)C(=O)O)cc2C2CC2)c(F)c1F. The van der Waals surface area contributed by atoms with Gasteiger partial charge in [-0.2, -0.15) is 9.49 Å². The Morgan fingerprint density at radius 1 is 1.17 bits per heavy atom. The van der Waals surface area contributed by atoms with Crippen LogP contribution in [0.4, 0.5) is 8.78 Å². The van der Waals surface area contributed by atoms with E-state index >= 15 is 0 Å². The molecule has 1 fully saturated rings. The molecule has 0 saturated heterocycles. The van der Waals surface area contributed by atoms with E-state index in [1.165, 1.54) is 23.9 Å². The van der Waals surface area contributed by atoms with Gasteiger partial charge in [0.1, 0.15) is 5.69 Å². The van der Waals surface area contributed by atoms with Gasteiger partial charge in [-0.25, -0.2) is 9.18 Å². The summed E-state index contributed by atoms with van der Waals surface area (Å²) >= 11 is 0. The molecule has 10 heteroatoms. The third kappa shape index (κ3) is 5.48. The van der Waals surface area contributed by atoms with E-state index in [9.17, 15) is 28.6 Å². The molecular weight excluding hydrogens is 460 g/mol. The average Bonchev–Trinajstić information content (AvgIpc) is 3.61. The molecule has 0 unspecified atom stereocenters. The lowest BCUT2D eigenvalue weighted by Gasteiger charge is -2.21. The van der Waals surface area contributed by atoms with Crippen LogP contribution in [0.3, 0.4) is 0 Å².